The number of hydrogen-bond donors (Lipinski definition) is 0. The summed E-state index contributed by atoms with van der Waals surface area (Å²) < 4.78 is 5.75. The summed E-state index contributed by atoms with van der Waals surface area (Å²) in [7, 11) is 3.65. The van der Waals surface area contributed by atoms with Crippen LogP contribution in [0.25, 0.3) is 0 Å². The first-order valence-electron chi connectivity index (χ1n) is 7.52. The Bertz CT molecular complexity index is 477. The first-order valence-corrected chi connectivity index (χ1v) is 8.40. The normalized spacial score (nSPS) is 29.3. The molecule has 3 atom stereocenters. The standard InChI is InChI=1S/C15H23N3O2S/c1-17(2)15(19)5-11-9-20-10-12-6-18(7-13(11)12)8-14-16-3-4-21-14/h3-4,11-13H,5-10H2,1-2H3/t11-,12-,13+/m1/s1. The summed E-state index contributed by atoms with van der Waals surface area (Å²) >= 11 is 1.71. The van der Waals surface area contributed by atoms with Gasteiger partial charge in [0.1, 0.15) is 5.01 Å². The van der Waals surface area contributed by atoms with Crippen LogP contribution in [0.5, 0.6) is 0 Å². The average Bonchev–Trinajstić information content (AvgIpc) is 3.08. The molecule has 2 saturated heterocycles. The quantitative estimate of drug-likeness (QED) is 0.841. The van der Waals surface area contributed by atoms with Gasteiger partial charge in [0.25, 0.3) is 0 Å². The highest BCUT2D eigenvalue weighted by molar-refractivity contribution is 7.09. The van der Waals surface area contributed by atoms with Crippen molar-refractivity contribution in [3.8, 4) is 0 Å². The molecule has 1 aromatic rings. The van der Waals surface area contributed by atoms with Gasteiger partial charge in [-0.05, 0) is 17.8 Å². The van der Waals surface area contributed by atoms with E-state index in [0.717, 1.165) is 32.8 Å². The van der Waals surface area contributed by atoms with E-state index < -0.39 is 0 Å². The van der Waals surface area contributed by atoms with Gasteiger partial charge < -0.3 is 9.64 Å². The average molecular weight is 309 g/mol. The number of aromatic nitrogens is 1. The number of nitrogens with zero attached hydrogens (tertiary/aromatic N) is 3. The van der Waals surface area contributed by atoms with Crippen LogP contribution in [0.3, 0.4) is 0 Å². The highest BCUT2D eigenvalue weighted by Gasteiger charge is 2.41. The monoisotopic (exact) mass is 309 g/mol. The van der Waals surface area contributed by atoms with E-state index in [9.17, 15) is 4.79 Å². The van der Waals surface area contributed by atoms with Crippen LogP contribution in [-0.4, -0.2) is 61.1 Å². The molecule has 0 spiro atoms. The number of amides is 1. The second-order valence-corrected chi connectivity index (χ2v) is 7.31. The number of ether oxygens (including phenoxy) is 1. The zero-order valence-corrected chi connectivity index (χ0v) is 13.5. The molecule has 2 aliphatic rings. The second-order valence-electron chi connectivity index (χ2n) is 6.33. The van der Waals surface area contributed by atoms with E-state index in [-0.39, 0.29) is 5.91 Å². The van der Waals surface area contributed by atoms with Crippen LogP contribution in [-0.2, 0) is 16.1 Å². The Hall–Kier alpha value is -0.980. The Balaban J connectivity index is 1.61. The molecule has 0 N–H and O–H groups in total. The summed E-state index contributed by atoms with van der Waals surface area (Å²) in [6.45, 7) is 4.63. The van der Waals surface area contributed by atoms with E-state index in [1.807, 2.05) is 25.7 Å². The maximum absolute atomic E-state index is 12.0. The van der Waals surface area contributed by atoms with Crippen molar-refractivity contribution in [3.63, 3.8) is 0 Å². The molecule has 0 bridgehead atoms. The van der Waals surface area contributed by atoms with Crippen molar-refractivity contribution < 1.29 is 9.53 Å². The fourth-order valence-electron chi connectivity index (χ4n) is 3.46. The molecule has 116 valence electrons. The lowest BCUT2D eigenvalue weighted by atomic mass is 9.81. The Morgan fingerprint density at radius 3 is 3.05 bits per heavy atom. The van der Waals surface area contributed by atoms with E-state index in [0.29, 0.717) is 24.2 Å². The number of carbonyl (C=O) groups excluding carboxylic acids is 1. The number of fused-ring (bicyclic) bond motifs is 1. The second kappa shape index (κ2) is 6.42. The van der Waals surface area contributed by atoms with Gasteiger partial charge >= 0.3 is 0 Å². The molecule has 21 heavy (non-hydrogen) atoms. The van der Waals surface area contributed by atoms with Crippen LogP contribution < -0.4 is 0 Å². The van der Waals surface area contributed by atoms with E-state index in [4.69, 9.17) is 4.74 Å². The summed E-state index contributed by atoms with van der Waals surface area (Å²) in [5.74, 6) is 1.73. The Morgan fingerprint density at radius 2 is 2.33 bits per heavy atom. The van der Waals surface area contributed by atoms with Crippen LogP contribution in [0.15, 0.2) is 11.6 Å². The van der Waals surface area contributed by atoms with Crippen molar-refractivity contribution in [2.75, 3.05) is 40.4 Å². The molecule has 5 nitrogen and oxygen atoms in total. The number of thiazole rings is 1. The summed E-state index contributed by atoms with van der Waals surface area (Å²) in [5, 5.41) is 3.20. The maximum atomic E-state index is 12.0. The fraction of sp³-hybridized carbons (Fsp3) is 0.733. The molecule has 0 unspecified atom stereocenters. The minimum atomic E-state index is 0.211. The van der Waals surface area contributed by atoms with Gasteiger partial charge in [-0.1, -0.05) is 0 Å². The van der Waals surface area contributed by atoms with Gasteiger partial charge in [0.2, 0.25) is 5.91 Å². The zero-order chi connectivity index (χ0) is 14.8. The van der Waals surface area contributed by atoms with Crippen molar-refractivity contribution in [1.82, 2.24) is 14.8 Å². The molecular weight excluding hydrogens is 286 g/mol. The van der Waals surface area contributed by atoms with Crippen molar-refractivity contribution in [3.05, 3.63) is 16.6 Å². The lowest BCUT2D eigenvalue weighted by molar-refractivity contribution is -0.132. The first kappa shape index (κ1) is 14.9. The zero-order valence-electron chi connectivity index (χ0n) is 12.7. The van der Waals surface area contributed by atoms with E-state index in [1.165, 1.54) is 5.01 Å². The predicted molar refractivity (Wildman–Crippen MR) is 82.0 cm³/mol. The van der Waals surface area contributed by atoms with Gasteiger partial charge in [0.05, 0.1) is 19.8 Å². The largest absolute Gasteiger partial charge is 0.381 e. The number of hydrogen-bond acceptors (Lipinski definition) is 5. The highest BCUT2D eigenvalue weighted by Crippen LogP contribution is 2.36. The molecule has 3 rings (SSSR count). The molecule has 2 fully saturated rings. The molecule has 1 amide bonds. The Morgan fingerprint density at radius 1 is 1.48 bits per heavy atom. The summed E-state index contributed by atoms with van der Waals surface area (Å²) in [6.07, 6.45) is 2.48. The van der Waals surface area contributed by atoms with Crippen molar-refractivity contribution in [1.29, 1.82) is 0 Å². The lowest BCUT2D eigenvalue weighted by Crippen LogP contribution is -2.38. The van der Waals surface area contributed by atoms with Crippen molar-refractivity contribution in [2.24, 2.45) is 17.8 Å². The maximum Gasteiger partial charge on any atom is 0.222 e. The molecule has 0 aromatic carbocycles. The predicted octanol–water partition coefficient (Wildman–Crippen LogP) is 1.32. The van der Waals surface area contributed by atoms with Crippen LogP contribution in [0.4, 0.5) is 0 Å². The van der Waals surface area contributed by atoms with Gasteiger partial charge in [0.15, 0.2) is 0 Å². The Kier molecular flexibility index (Phi) is 4.57. The molecular formula is C15H23N3O2S. The van der Waals surface area contributed by atoms with E-state index in [2.05, 4.69) is 9.88 Å². The first-order chi connectivity index (χ1) is 10.1. The summed E-state index contributed by atoms with van der Waals surface area (Å²) in [6, 6.07) is 0. The smallest absolute Gasteiger partial charge is 0.222 e. The summed E-state index contributed by atoms with van der Waals surface area (Å²) in [5.41, 5.74) is 0. The van der Waals surface area contributed by atoms with Crippen LogP contribution in [0, 0.1) is 17.8 Å². The van der Waals surface area contributed by atoms with Crippen LogP contribution in [0.2, 0.25) is 0 Å². The topological polar surface area (TPSA) is 45.7 Å². The van der Waals surface area contributed by atoms with E-state index in [1.54, 1.807) is 16.2 Å². The SMILES string of the molecule is CN(C)C(=O)C[C@@H]1COC[C@H]2CN(Cc3nccs3)C[C@@H]12. The molecule has 6 heteroatoms. The molecule has 2 aliphatic heterocycles. The fourth-order valence-corrected chi connectivity index (χ4v) is 4.12. The van der Waals surface area contributed by atoms with Gasteiger partial charge in [0, 0.05) is 45.2 Å². The number of likely N-dealkylation sites (tertiary alicyclic amines) is 1. The molecule has 1 aromatic heterocycles. The van der Waals surface area contributed by atoms with Gasteiger partial charge in [-0.3, -0.25) is 9.69 Å². The van der Waals surface area contributed by atoms with E-state index >= 15 is 0 Å². The van der Waals surface area contributed by atoms with Gasteiger partial charge in [-0.2, -0.15) is 0 Å². The number of rotatable bonds is 4. The molecule has 0 radical (unpaired) electrons. The van der Waals surface area contributed by atoms with Crippen LogP contribution >= 0.6 is 11.3 Å². The third-order valence-electron chi connectivity index (χ3n) is 4.61. The molecule has 0 saturated carbocycles. The Labute approximate surface area is 129 Å². The van der Waals surface area contributed by atoms with Crippen molar-refractivity contribution >= 4 is 17.2 Å². The lowest BCUT2D eigenvalue weighted by Gasteiger charge is -2.33. The minimum Gasteiger partial charge on any atom is -0.381 e. The summed E-state index contributed by atoms with van der Waals surface area (Å²) in [4.78, 5) is 20.5. The van der Waals surface area contributed by atoms with Crippen molar-refractivity contribution in [2.45, 2.75) is 13.0 Å². The molecule has 3 heterocycles. The third-order valence-corrected chi connectivity index (χ3v) is 5.38. The van der Waals surface area contributed by atoms with Crippen LogP contribution in [0.1, 0.15) is 11.4 Å². The van der Waals surface area contributed by atoms with Gasteiger partial charge in [-0.15, -0.1) is 11.3 Å². The minimum absolute atomic E-state index is 0.211. The highest BCUT2D eigenvalue weighted by atomic mass is 32.1. The number of carbonyl (C=O) groups is 1. The van der Waals surface area contributed by atoms with Gasteiger partial charge in [-0.25, -0.2) is 4.98 Å². The molecule has 0 aliphatic carbocycles. The third kappa shape index (κ3) is 3.44.